The topological polar surface area (TPSA) is 136 Å². The van der Waals surface area contributed by atoms with Gasteiger partial charge in [-0.1, -0.05) is 64.1 Å². The fourth-order valence-electron chi connectivity index (χ4n) is 8.64. The average molecular weight is 730 g/mol. The zero-order chi connectivity index (χ0) is 38.5. The number of esters is 1. The number of likely N-dealkylation sites (N-methyl/N-ethyl adjacent to an activating group) is 1. The van der Waals surface area contributed by atoms with E-state index >= 15 is 0 Å². The van der Waals surface area contributed by atoms with Crippen LogP contribution in [0, 0.1) is 17.8 Å². The molecule has 0 spiro atoms. The smallest absolute Gasteiger partial charge is 0.410 e. The molecule has 12 nitrogen and oxygen atoms in total. The predicted molar refractivity (Wildman–Crippen MR) is 197 cm³/mol. The number of Topliss-reactive ketones (excluding diaryl/α,β-unsaturated/α-hetero) is 1. The molecule has 0 aromatic heterocycles. The van der Waals surface area contributed by atoms with Crippen molar-refractivity contribution in [1.82, 2.24) is 15.1 Å². The standard InChI is InChI=1S/C40H63N3O9/c1-12-31-40(8)34(43(38(47)52-40)19-18-41-23-29-16-14-13-15-17-29)28(6)32(44)26(4)22-39(7,48-11)35(24(2)20-25(3)36(46)50-31)51-37-33(45)30(42(9)10)21-27(5)49-37/h13-17,20,24,26-28,30-31,33-35,37,41,45H,12,18-19,21-23H2,1-11H3/b25-20+/t24-,26+,27+,28+,30-,31?,33+,34+,35+,37-,39+,40+/m0/s1. The molecule has 0 aliphatic carbocycles. The maximum atomic E-state index is 14.6. The van der Waals surface area contributed by atoms with Gasteiger partial charge in [0.2, 0.25) is 0 Å². The van der Waals surface area contributed by atoms with Gasteiger partial charge in [-0.25, -0.2) is 9.59 Å². The number of carbonyl (C=O) groups excluding carboxylic acids is 3. The van der Waals surface area contributed by atoms with Crippen molar-refractivity contribution in [3.05, 3.63) is 47.5 Å². The van der Waals surface area contributed by atoms with Gasteiger partial charge in [0.1, 0.15) is 18.0 Å². The van der Waals surface area contributed by atoms with E-state index in [1.165, 1.54) is 0 Å². The van der Waals surface area contributed by atoms with Crippen molar-refractivity contribution < 1.29 is 43.2 Å². The molecular formula is C40H63N3O9. The Hall–Kier alpha value is -2.87. The van der Waals surface area contributed by atoms with E-state index in [1.54, 1.807) is 31.9 Å². The normalized spacial score (nSPS) is 39.0. The highest BCUT2D eigenvalue weighted by atomic mass is 16.7. The number of nitrogens with one attached hydrogen (secondary N) is 1. The first-order chi connectivity index (χ1) is 24.5. The Morgan fingerprint density at radius 1 is 1.08 bits per heavy atom. The Balaban J connectivity index is 1.70. The number of cyclic esters (lactones) is 1. The Labute approximate surface area is 310 Å². The van der Waals surface area contributed by atoms with Crippen LogP contribution in [-0.4, -0.2) is 121 Å². The lowest BCUT2D eigenvalue weighted by atomic mass is 9.74. The van der Waals surface area contributed by atoms with Gasteiger partial charge in [0.15, 0.2) is 11.9 Å². The highest BCUT2D eigenvalue weighted by molar-refractivity contribution is 5.88. The molecule has 3 heterocycles. The van der Waals surface area contributed by atoms with E-state index < -0.39 is 71.7 Å². The van der Waals surface area contributed by atoms with Crippen LogP contribution in [0.5, 0.6) is 0 Å². The highest BCUT2D eigenvalue weighted by Crippen LogP contribution is 2.42. The molecule has 2 saturated heterocycles. The Morgan fingerprint density at radius 2 is 1.75 bits per heavy atom. The number of fused-ring (bicyclic) bond motifs is 1. The number of benzene rings is 1. The van der Waals surface area contributed by atoms with Crippen molar-refractivity contribution >= 4 is 17.8 Å². The van der Waals surface area contributed by atoms with Crippen molar-refractivity contribution in [3.63, 3.8) is 0 Å². The van der Waals surface area contributed by atoms with Crippen molar-refractivity contribution in [2.24, 2.45) is 17.8 Å². The molecule has 52 heavy (non-hydrogen) atoms. The third kappa shape index (κ3) is 9.07. The van der Waals surface area contributed by atoms with Crippen molar-refractivity contribution in [1.29, 1.82) is 0 Å². The Bertz CT molecular complexity index is 1410. The molecule has 12 atom stereocenters. The number of rotatable bonds is 10. The SMILES string of the molecule is CCC1OC(=O)/C(C)=C/[C@H](C)[C@@H](O[C@@H]2O[C@H](C)C[C@H](N(C)C)[C@H]2O)[C@](C)(OC)C[C@@H](C)C(=O)[C@@H](C)[C@H]2N(CCNCc3ccccc3)C(=O)O[C@]12C. The summed E-state index contributed by atoms with van der Waals surface area (Å²) < 4.78 is 31.4. The van der Waals surface area contributed by atoms with Crippen molar-refractivity contribution in [2.45, 2.75) is 135 Å². The number of methoxy groups -OCH3 is 1. The van der Waals surface area contributed by atoms with Gasteiger partial charge in [0.25, 0.3) is 0 Å². The van der Waals surface area contributed by atoms with Crippen LogP contribution >= 0.6 is 0 Å². The molecule has 1 unspecified atom stereocenters. The van der Waals surface area contributed by atoms with Gasteiger partial charge in [0.05, 0.1) is 23.9 Å². The molecule has 4 rings (SSSR count). The number of hydrogen-bond donors (Lipinski definition) is 2. The van der Waals surface area contributed by atoms with E-state index in [0.717, 1.165) is 5.56 Å². The number of amides is 1. The number of carbonyl (C=O) groups is 3. The van der Waals surface area contributed by atoms with E-state index in [1.807, 2.05) is 90.9 Å². The lowest BCUT2D eigenvalue weighted by Gasteiger charge is -2.47. The highest BCUT2D eigenvalue weighted by Gasteiger charge is 2.60. The minimum absolute atomic E-state index is 0.0772. The predicted octanol–water partition coefficient (Wildman–Crippen LogP) is 4.72. The van der Waals surface area contributed by atoms with Crippen LogP contribution in [0.2, 0.25) is 0 Å². The van der Waals surface area contributed by atoms with Gasteiger partial charge in [-0.05, 0) is 66.6 Å². The van der Waals surface area contributed by atoms with E-state index in [-0.39, 0.29) is 24.3 Å². The Morgan fingerprint density at radius 3 is 2.37 bits per heavy atom. The summed E-state index contributed by atoms with van der Waals surface area (Å²) in [6.07, 6.45) is -1.16. The lowest BCUT2D eigenvalue weighted by Crippen LogP contribution is -2.59. The summed E-state index contributed by atoms with van der Waals surface area (Å²) in [6.45, 7) is 16.2. The maximum Gasteiger partial charge on any atom is 0.410 e. The van der Waals surface area contributed by atoms with Crippen LogP contribution in [0.15, 0.2) is 42.0 Å². The second kappa shape index (κ2) is 17.5. The fourth-order valence-corrected chi connectivity index (χ4v) is 8.64. The van der Waals surface area contributed by atoms with Crippen molar-refractivity contribution in [2.75, 3.05) is 34.3 Å². The van der Waals surface area contributed by atoms with Crippen LogP contribution in [0.25, 0.3) is 0 Å². The van der Waals surface area contributed by atoms with Gasteiger partial charge in [0, 0.05) is 56.1 Å². The molecule has 2 fully saturated rings. The molecule has 1 aromatic rings. The van der Waals surface area contributed by atoms with Gasteiger partial charge < -0.3 is 39.0 Å². The van der Waals surface area contributed by atoms with E-state index in [4.69, 9.17) is 23.7 Å². The molecule has 2 N–H and O–H groups in total. The maximum absolute atomic E-state index is 14.6. The minimum Gasteiger partial charge on any atom is -0.455 e. The van der Waals surface area contributed by atoms with E-state index in [0.29, 0.717) is 38.0 Å². The van der Waals surface area contributed by atoms with Gasteiger partial charge in [-0.2, -0.15) is 0 Å². The van der Waals surface area contributed by atoms with E-state index in [2.05, 4.69) is 5.32 Å². The average Bonchev–Trinajstić information content (AvgIpc) is 3.36. The van der Waals surface area contributed by atoms with Gasteiger partial charge in [-0.15, -0.1) is 0 Å². The summed E-state index contributed by atoms with van der Waals surface area (Å²) in [6, 6.07) is 9.06. The molecule has 1 amide bonds. The van der Waals surface area contributed by atoms with Crippen LogP contribution in [0.3, 0.4) is 0 Å². The quantitative estimate of drug-likeness (QED) is 0.256. The van der Waals surface area contributed by atoms with Crippen LogP contribution in [0.4, 0.5) is 4.79 Å². The molecule has 12 heteroatoms. The third-order valence-corrected chi connectivity index (χ3v) is 11.5. The molecular weight excluding hydrogens is 666 g/mol. The Kier molecular flexibility index (Phi) is 14.1. The van der Waals surface area contributed by atoms with Gasteiger partial charge in [-0.3, -0.25) is 9.69 Å². The van der Waals surface area contributed by atoms with Crippen LogP contribution in [0.1, 0.15) is 80.2 Å². The largest absolute Gasteiger partial charge is 0.455 e. The lowest BCUT2D eigenvalue weighted by molar-refractivity contribution is -0.294. The fraction of sp³-hybridized carbons (Fsp3) is 0.725. The summed E-state index contributed by atoms with van der Waals surface area (Å²) in [7, 11) is 5.41. The number of aliphatic hydroxyl groups excluding tert-OH is 1. The molecule has 1 aromatic carbocycles. The summed E-state index contributed by atoms with van der Waals surface area (Å²) in [5.74, 6) is -2.28. The first-order valence-corrected chi connectivity index (χ1v) is 18.8. The van der Waals surface area contributed by atoms with Crippen molar-refractivity contribution in [3.8, 4) is 0 Å². The molecule has 3 aliphatic rings. The van der Waals surface area contributed by atoms with E-state index in [9.17, 15) is 19.5 Å². The third-order valence-electron chi connectivity index (χ3n) is 11.5. The zero-order valence-electron chi connectivity index (χ0n) is 33.1. The molecule has 0 bridgehead atoms. The second-order valence-electron chi connectivity index (χ2n) is 15.8. The molecule has 0 saturated carbocycles. The van der Waals surface area contributed by atoms with Gasteiger partial charge >= 0.3 is 12.1 Å². The second-order valence-corrected chi connectivity index (χ2v) is 15.8. The number of hydrogen-bond acceptors (Lipinski definition) is 11. The molecule has 0 radical (unpaired) electrons. The van der Waals surface area contributed by atoms with Crippen LogP contribution in [-0.2, 0) is 39.8 Å². The molecule has 292 valence electrons. The number of nitrogens with zero attached hydrogens (tertiary/aromatic N) is 2. The van der Waals surface area contributed by atoms with Crippen LogP contribution < -0.4 is 5.32 Å². The molecule has 3 aliphatic heterocycles. The number of aliphatic hydroxyl groups is 1. The first-order valence-electron chi connectivity index (χ1n) is 18.8. The monoisotopic (exact) mass is 729 g/mol. The summed E-state index contributed by atoms with van der Waals surface area (Å²) >= 11 is 0. The summed E-state index contributed by atoms with van der Waals surface area (Å²) in [5.41, 5.74) is -0.893. The first kappa shape index (κ1) is 41.9. The minimum atomic E-state index is -1.30. The zero-order valence-corrected chi connectivity index (χ0v) is 33.1. The summed E-state index contributed by atoms with van der Waals surface area (Å²) in [5, 5.41) is 14.8. The number of ether oxygens (including phenoxy) is 5. The number of ketones is 1. The summed E-state index contributed by atoms with van der Waals surface area (Å²) in [4.78, 5) is 45.6.